The van der Waals surface area contributed by atoms with Crippen molar-refractivity contribution in [1.29, 1.82) is 0 Å². The summed E-state index contributed by atoms with van der Waals surface area (Å²) in [5.74, 6) is -7.61. The summed E-state index contributed by atoms with van der Waals surface area (Å²) < 4.78 is 113. The van der Waals surface area contributed by atoms with Crippen LogP contribution in [0.25, 0.3) is 0 Å². The molecule has 1 unspecified atom stereocenters. The third-order valence-electron chi connectivity index (χ3n) is 6.76. The number of esters is 2. The highest BCUT2D eigenvalue weighted by molar-refractivity contribution is 7.86. The summed E-state index contributed by atoms with van der Waals surface area (Å²) in [4.78, 5) is 25.6. The lowest BCUT2D eigenvalue weighted by Gasteiger charge is -2.55. The molecule has 34 heavy (non-hydrogen) atoms. The molecule has 14 heteroatoms. The highest BCUT2D eigenvalue weighted by Gasteiger charge is 2.70. The summed E-state index contributed by atoms with van der Waals surface area (Å²) >= 11 is 0. The maximum atomic E-state index is 14.2. The van der Waals surface area contributed by atoms with Crippen LogP contribution >= 0.6 is 0 Å². The van der Waals surface area contributed by atoms with E-state index >= 15 is 0 Å². The molecule has 4 aliphatic rings. The van der Waals surface area contributed by atoms with Gasteiger partial charge < -0.3 is 14.2 Å². The van der Waals surface area contributed by atoms with Crippen LogP contribution in [-0.4, -0.2) is 55.3 Å². The molecule has 0 heterocycles. The summed E-state index contributed by atoms with van der Waals surface area (Å²) in [5, 5.41) is -4.88. The molecule has 0 aromatic heterocycles. The Kier molecular flexibility index (Phi) is 7.10. The number of carbonyl (C=O) groups is 2. The van der Waals surface area contributed by atoms with Crippen molar-refractivity contribution in [2.24, 2.45) is 23.2 Å². The number of hydrogen-bond acceptors (Lipinski definition) is 7. The van der Waals surface area contributed by atoms with Gasteiger partial charge in [0.1, 0.15) is 6.61 Å². The first kappa shape index (κ1) is 26.8. The van der Waals surface area contributed by atoms with Gasteiger partial charge in [-0.25, -0.2) is 4.79 Å². The van der Waals surface area contributed by atoms with Crippen LogP contribution in [0.4, 0.5) is 22.0 Å². The van der Waals surface area contributed by atoms with E-state index < -0.39 is 64.3 Å². The summed E-state index contributed by atoms with van der Waals surface area (Å²) in [5.41, 5.74) is -1.27. The zero-order valence-corrected chi connectivity index (χ0v) is 18.8. The first-order valence-corrected chi connectivity index (χ1v) is 12.1. The second kappa shape index (κ2) is 9.01. The SMILES string of the molecule is C=CCOC(=O)C(OCCC(F)(F)S(=O)(=O)O)(OC(=O)C12CC3CC(CC(C3)C1)C2)C(F)(F)F. The molecule has 0 aromatic rings. The van der Waals surface area contributed by atoms with E-state index in [0.29, 0.717) is 0 Å². The Labute approximate surface area is 192 Å². The molecule has 1 atom stereocenters. The fraction of sp³-hybridized carbons (Fsp3) is 0.800. The first-order valence-electron chi connectivity index (χ1n) is 10.6. The van der Waals surface area contributed by atoms with Gasteiger partial charge in [0.2, 0.25) is 0 Å². The van der Waals surface area contributed by atoms with E-state index in [1.807, 2.05) is 0 Å². The van der Waals surface area contributed by atoms with E-state index in [4.69, 9.17) is 9.29 Å². The van der Waals surface area contributed by atoms with Crippen molar-refractivity contribution in [3.63, 3.8) is 0 Å². The minimum absolute atomic E-state index is 0.126. The molecule has 4 saturated carbocycles. The highest BCUT2D eigenvalue weighted by atomic mass is 32.2. The number of carbonyl (C=O) groups excluding carboxylic acids is 2. The van der Waals surface area contributed by atoms with Gasteiger partial charge in [-0.1, -0.05) is 12.7 Å². The Bertz CT molecular complexity index is 896. The average Bonchev–Trinajstić information content (AvgIpc) is 2.68. The topological polar surface area (TPSA) is 116 Å². The highest BCUT2D eigenvalue weighted by Crippen LogP contribution is 2.61. The Morgan fingerprint density at radius 2 is 1.53 bits per heavy atom. The maximum Gasteiger partial charge on any atom is 0.468 e. The molecule has 0 amide bonds. The van der Waals surface area contributed by atoms with Crippen LogP contribution in [0.15, 0.2) is 12.7 Å². The molecule has 0 aromatic carbocycles. The zero-order chi connectivity index (χ0) is 25.6. The fourth-order valence-electron chi connectivity index (χ4n) is 5.66. The Morgan fingerprint density at radius 1 is 1.03 bits per heavy atom. The monoisotopic (exact) mass is 520 g/mol. The van der Waals surface area contributed by atoms with Gasteiger partial charge >= 0.3 is 39.3 Å². The lowest BCUT2D eigenvalue weighted by molar-refractivity contribution is -0.359. The number of rotatable bonds is 10. The summed E-state index contributed by atoms with van der Waals surface area (Å²) in [6.45, 7) is 0.727. The van der Waals surface area contributed by atoms with Gasteiger partial charge in [0.05, 0.1) is 18.4 Å². The molecule has 0 aliphatic heterocycles. The van der Waals surface area contributed by atoms with E-state index in [9.17, 15) is 40.0 Å². The van der Waals surface area contributed by atoms with Crippen LogP contribution in [0.3, 0.4) is 0 Å². The van der Waals surface area contributed by atoms with Crippen molar-refractivity contribution >= 4 is 22.1 Å². The summed E-state index contributed by atoms with van der Waals surface area (Å²) in [7, 11) is -5.98. The van der Waals surface area contributed by atoms with Gasteiger partial charge in [0.15, 0.2) is 0 Å². The van der Waals surface area contributed by atoms with Gasteiger partial charge in [0, 0.05) is 0 Å². The molecule has 4 fully saturated rings. The average molecular weight is 520 g/mol. The van der Waals surface area contributed by atoms with E-state index in [-0.39, 0.29) is 37.0 Å². The third kappa shape index (κ3) is 4.94. The van der Waals surface area contributed by atoms with Crippen molar-refractivity contribution < 1.29 is 58.7 Å². The molecule has 1 N–H and O–H groups in total. The second-order valence-corrected chi connectivity index (χ2v) is 10.8. The minimum atomic E-state index is -5.98. The largest absolute Gasteiger partial charge is 0.468 e. The zero-order valence-electron chi connectivity index (χ0n) is 18.0. The van der Waals surface area contributed by atoms with Gasteiger partial charge in [-0.15, -0.1) is 0 Å². The Morgan fingerprint density at radius 3 is 1.94 bits per heavy atom. The Balaban J connectivity index is 1.89. The fourth-order valence-corrected chi connectivity index (χ4v) is 6.00. The molecule has 4 bridgehead atoms. The number of alkyl halides is 5. The van der Waals surface area contributed by atoms with Gasteiger partial charge in [-0.3, -0.25) is 9.35 Å². The molecule has 4 rings (SSSR count). The van der Waals surface area contributed by atoms with Crippen LogP contribution < -0.4 is 0 Å². The molecule has 194 valence electrons. The van der Waals surface area contributed by atoms with E-state index in [0.717, 1.165) is 25.3 Å². The van der Waals surface area contributed by atoms with Gasteiger partial charge in [-0.05, 0) is 56.3 Å². The molecular weight excluding hydrogens is 495 g/mol. The number of halogens is 5. The lowest BCUT2D eigenvalue weighted by Crippen LogP contribution is -2.61. The smallest absolute Gasteiger partial charge is 0.456 e. The molecular formula is C20H25F5O8S. The Hall–Kier alpha value is -1.80. The predicted octanol–water partition coefficient (Wildman–Crippen LogP) is 3.62. The van der Waals surface area contributed by atoms with Crippen molar-refractivity contribution in [2.45, 2.75) is 62.2 Å². The quantitative estimate of drug-likeness (QED) is 0.153. The minimum Gasteiger partial charge on any atom is -0.456 e. The van der Waals surface area contributed by atoms with Crippen LogP contribution in [0.5, 0.6) is 0 Å². The van der Waals surface area contributed by atoms with Crippen molar-refractivity contribution in [2.75, 3.05) is 13.2 Å². The molecule has 0 saturated heterocycles. The van der Waals surface area contributed by atoms with Crippen LogP contribution in [0.1, 0.15) is 44.9 Å². The number of hydrogen-bond donors (Lipinski definition) is 1. The molecule has 4 aliphatic carbocycles. The molecule has 0 spiro atoms. The third-order valence-corrected chi connectivity index (χ3v) is 7.72. The van der Waals surface area contributed by atoms with Crippen LogP contribution in [0.2, 0.25) is 0 Å². The predicted molar refractivity (Wildman–Crippen MR) is 104 cm³/mol. The number of ether oxygens (including phenoxy) is 3. The molecule has 8 nitrogen and oxygen atoms in total. The van der Waals surface area contributed by atoms with E-state index in [1.54, 1.807) is 0 Å². The summed E-state index contributed by atoms with van der Waals surface area (Å²) in [6, 6.07) is 0. The standard InChI is InChI=1S/C20H25F5O8S/c1-2-4-31-16(27)19(20(23,24)25,32-5-3-18(21,22)34(28,29)30)33-15(26)17-9-12-6-13(10-17)8-14(7-12)11-17/h2,12-14H,1,3-11H2,(H,28,29,30). The van der Waals surface area contributed by atoms with E-state index in [1.165, 1.54) is 0 Å². The van der Waals surface area contributed by atoms with E-state index in [2.05, 4.69) is 16.1 Å². The van der Waals surface area contributed by atoms with Crippen molar-refractivity contribution in [3.05, 3.63) is 12.7 Å². The lowest BCUT2D eigenvalue weighted by atomic mass is 9.49. The maximum absolute atomic E-state index is 14.2. The normalized spacial score (nSPS) is 30.5. The van der Waals surface area contributed by atoms with Crippen LogP contribution in [-0.2, 0) is 33.9 Å². The van der Waals surface area contributed by atoms with Gasteiger partial charge in [-0.2, -0.15) is 30.4 Å². The van der Waals surface area contributed by atoms with Crippen molar-refractivity contribution in [3.8, 4) is 0 Å². The van der Waals surface area contributed by atoms with Gasteiger partial charge in [0.25, 0.3) is 0 Å². The molecule has 0 radical (unpaired) electrons. The second-order valence-electron chi connectivity index (χ2n) is 9.30. The first-order chi connectivity index (χ1) is 15.6. The van der Waals surface area contributed by atoms with Crippen LogP contribution in [0, 0.1) is 23.2 Å². The van der Waals surface area contributed by atoms with Crippen molar-refractivity contribution in [1.82, 2.24) is 0 Å². The summed E-state index contributed by atoms with van der Waals surface area (Å²) in [6.07, 6.45) is -3.44.